The van der Waals surface area contributed by atoms with E-state index in [-0.39, 0.29) is 0 Å². The molecule has 0 bridgehead atoms. The van der Waals surface area contributed by atoms with Gasteiger partial charge in [-0.15, -0.1) is 5.10 Å². The first-order valence-electron chi connectivity index (χ1n) is 8.42. The largest absolute Gasteiger partial charge is 0.477 e. The summed E-state index contributed by atoms with van der Waals surface area (Å²) < 4.78 is 7.58. The molecule has 1 amide bonds. The second-order valence-corrected chi connectivity index (χ2v) is 6.23. The highest BCUT2D eigenvalue weighted by Crippen LogP contribution is 2.33. The number of carbonyl (C=O) groups excluding carboxylic acids is 1. The zero-order valence-electron chi connectivity index (χ0n) is 14.2. The van der Waals surface area contributed by atoms with Gasteiger partial charge in [0.2, 0.25) is 0 Å². The molecule has 1 aliphatic heterocycles. The molecule has 2 aromatic carbocycles. The minimum Gasteiger partial charge on any atom is -0.477 e. The van der Waals surface area contributed by atoms with Crippen molar-refractivity contribution in [3.63, 3.8) is 0 Å². The summed E-state index contributed by atoms with van der Waals surface area (Å²) in [6.07, 6.45) is 1.07. The van der Waals surface area contributed by atoms with E-state index in [4.69, 9.17) is 10.5 Å². The van der Waals surface area contributed by atoms with E-state index in [9.17, 15) is 4.79 Å². The number of anilines is 1. The number of fused-ring (bicyclic) bond motifs is 1. The maximum Gasteiger partial charge on any atom is 0.260 e. The van der Waals surface area contributed by atoms with E-state index in [0.717, 1.165) is 16.9 Å². The van der Waals surface area contributed by atoms with Gasteiger partial charge in [0.25, 0.3) is 5.91 Å². The highest BCUT2D eigenvalue weighted by Gasteiger charge is 2.29. The number of nitrogens with zero attached hydrogens (tertiary/aromatic N) is 4. The van der Waals surface area contributed by atoms with Gasteiger partial charge in [-0.3, -0.25) is 4.79 Å². The zero-order chi connectivity index (χ0) is 17.9. The number of rotatable bonds is 5. The molecule has 0 spiro atoms. The topological polar surface area (TPSA) is 86.3 Å². The Morgan fingerprint density at radius 3 is 2.69 bits per heavy atom. The highest BCUT2D eigenvalue weighted by atomic mass is 16.5. The van der Waals surface area contributed by atoms with Crippen molar-refractivity contribution in [2.24, 2.45) is 5.73 Å². The standard InChI is InChI=1S/C19H19N5O2/c20-19(25)18-13-23(16-8-4-5-9-17(16)26-18)12-15-10-21-22-24(15)11-14-6-2-1-3-7-14/h1-10,18H,11-13H2,(H2,20,25). The van der Waals surface area contributed by atoms with Gasteiger partial charge in [0.15, 0.2) is 6.10 Å². The molecule has 1 aliphatic rings. The maximum absolute atomic E-state index is 11.7. The smallest absolute Gasteiger partial charge is 0.260 e. The summed E-state index contributed by atoms with van der Waals surface area (Å²) in [7, 11) is 0. The molecule has 1 atom stereocenters. The molecule has 2 N–H and O–H groups in total. The predicted octanol–water partition coefficient (Wildman–Crippen LogP) is 1.58. The summed E-state index contributed by atoms with van der Waals surface area (Å²) >= 11 is 0. The van der Waals surface area contributed by atoms with Gasteiger partial charge in [-0.25, -0.2) is 4.68 Å². The fraction of sp³-hybridized carbons (Fsp3) is 0.211. The monoisotopic (exact) mass is 349 g/mol. The van der Waals surface area contributed by atoms with E-state index in [1.54, 1.807) is 6.20 Å². The molecule has 2 heterocycles. The van der Waals surface area contributed by atoms with Gasteiger partial charge >= 0.3 is 0 Å². The molecule has 1 unspecified atom stereocenters. The second-order valence-electron chi connectivity index (χ2n) is 6.23. The molecule has 1 aromatic heterocycles. The van der Waals surface area contributed by atoms with Crippen molar-refractivity contribution in [2.45, 2.75) is 19.2 Å². The normalized spacial score (nSPS) is 16.0. The quantitative estimate of drug-likeness (QED) is 0.756. The maximum atomic E-state index is 11.7. The van der Waals surface area contributed by atoms with Gasteiger partial charge in [-0.05, 0) is 17.7 Å². The number of hydrogen-bond donors (Lipinski definition) is 1. The molecule has 7 heteroatoms. The number of nitrogens with two attached hydrogens (primary N) is 1. The Bertz CT molecular complexity index is 909. The number of aromatic nitrogens is 3. The number of primary amides is 1. The first kappa shape index (κ1) is 16.1. The fourth-order valence-electron chi connectivity index (χ4n) is 3.09. The highest BCUT2D eigenvalue weighted by molar-refractivity contribution is 5.81. The lowest BCUT2D eigenvalue weighted by Gasteiger charge is -2.34. The minimum absolute atomic E-state index is 0.392. The second kappa shape index (κ2) is 6.87. The average molecular weight is 349 g/mol. The van der Waals surface area contributed by atoms with Crippen LogP contribution < -0.4 is 15.4 Å². The molecule has 0 fully saturated rings. The van der Waals surface area contributed by atoms with Crippen molar-refractivity contribution in [1.82, 2.24) is 15.0 Å². The van der Waals surface area contributed by atoms with Crippen LogP contribution in [0.4, 0.5) is 5.69 Å². The summed E-state index contributed by atoms with van der Waals surface area (Å²) in [6.45, 7) is 1.59. The Kier molecular flexibility index (Phi) is 4.27. The van der Waals surface area contributed by atoms with Crippen LogP contribution in [0.5, 0.6) is 5.75 Å². The van der Waals surface area contributed by atoms with Crippen LogP contribution in [0.1, 0.15) is 11.3 Å². The van der Waals surface area contributed by atoms with Crippen LogP contribution in [0.25, 0.3) is 0 Å². The van der Waals surface area contributed by atoms with E-state index in [1.807, 2.05) is 47.1 Å². The van der Waals surface area contributed by atoms with Crippen LogP contribution >= 0.6 is 0 Å². The fourth-order valence-corrected chi connectivity index (χ4v) is 3.09. The first-order chi connectivity index (χ1) is 12.7. The Balaban J connectivity index is 1.59. The number of hydrogen-bond acceptors (Lipinski definition) is 5. The van der Waals surface area contributed by atoms with Gasteiger partial charge in [0.1, 0.15) is 5.75 Å². The number of para-hydroxylation sites is 2. The van der Waals surface area contributed by atoms with Crippen LogP contribution in [0.3, 0.4) is 0 Å². The number of carbonyl (C=O) groups is 1. The van der Waals surface area contributed by atoms with Gasteiger partial charge in [0.05, 0.1) is 37.2 Å². The molecule has 3 aromatic rings. The summed E-state index contributed by atoms with van der Waals surface area (Å²) in [4.78, 5) is 13.7. The van der Waals surface area contributed by atoms with Crippen LogP contribution in [0.2, 0.25) is 0 Å². The summed E-state index contributed by atoms with van der Waals surface area (Å²) in [6, 6.07) is 17.7. The number of ether oxygens (including phenoxy) is 1. The van der Waals surface area contributed by atoms with Crippen LogP contribution in [0, 0.1) is 0 Å². The lowest BCUT2D eigenvalue weighted by molar-refractivity contribution is -0.124. The van der Waals surface area contributed by atoms with Gasteiger partial charge in [-0.1, -0.05) is 47.7 Å². The minimum atomic E-state index is -0.677. The average Bonchev–Trinajstić information content (AvgIpc) is 3.09. The van der Waals surface area contributed by atoms with Crippen molar-refractivity contribution >= 4 is 11.6 Å². The Morgan fingerprint density at radius 2 is 1.88 bits per heavy atom. The van der Waals surface area contributed by atoms with Gasteiger partial charge in [-0.2, -0.15) is 0 Å². The Labute approximate surface area is 151 Å². The molecular weight excluding hydrogens is 330 g/mol. The SMILES string of the molecule is NC(=O)C1CN(Cc2cnnn2Cc2ccccc2)c2ccccc2O1. The molecule has 0 aliphatic carbocycles. The third-order valence-electron chi connectivity index (χ3n) is 4.40. The van der Waals surface area contributed by atoms with Crippen molar-refractivity contribution in [3.8, 4) is 5.75 Å². The van der Waals surface area contributed by atoms with E-state index >= 15 is 0 Å². The van der Waals surface area contributed by atoms with E-state index in [2.05, 4.69) is 27.3 Å². The van der Waals surface area contributed by atoms with Crippen molar-refractivity contribution in [1.29, 1.82) is 0 Å². The van der Waals surface area contributed by atoms with Crippen molar-refractivity contribution in [2.75, 3.05) is 11.4 Å². The predicted molar refractivity (Wildman–Crippen MR) is 96.7 cm³/mol. The van der Waals surface area contributed by atoms with Gasteiger partial charge in [0, 0.05) is 0 Å². The molecule has 26 heavy (non-hydrogen) atoms. The summed E-state index contributed by atoms with van der Waals surface area (Å²) in [5.74, 6) is 0.185. The Morgan fingerprint density at radius 1 is 1.12 bits per heavy atom. The summed E-state index contributed by atoms with van der Waals surface area (Å²) in [5, 5.41) is 8.26. The van der Waals surface area contributed by atoms with E-state index in [0.29, 0.717) is 25.4 Å². The van der Waals surface area contributed by atoms with Crippen LogP contribution in [-0.2, 0) is 17.9 Å². The number of amides is 1. The lowest BCUT2D eigenvalue weighted by atomic mass is 10.1. The molecule has 132 valence electrons. The molecule has 0 saturated heterocycles. The molecular formula is C19H19N5O2. The van der Waals surface area contributed by atoms with Crippen LogP contribution in [-0.4, -0.2) is 33.5 Å². The summed E-state index contributed by atoms with van der Waals surface area (Å²) in [5.41, 5.74) is 8.50. The third-order valence-corrected chi connectivity index (χ3v) is 4.40. The molecule has 4 rings (SSSR count). The van der Waals surface area contributed by atoms with Gasteiger partial charge < -0.3 is 15.4 Å². The Hall–Kier alpha value is -3.35. The molecule has 0 radical (unpaired) electrons. The molecule has 7 nitrogen and oxygen atoms in total. The molecule has 0 saturated carbocycles. The first-order valence-corrected chi connectivity index (χ1v) is 8.42. The third kappa shape index (κ3) is 3.23. The lowest BCUT2D eigenvalue weighted by Crippen LogP contribution is -2.47. The van der Waals surface area contributed by atoms with E-state index in [1.165, 1.54) is 0 Å². The van der Waals surface area contributed by atoms with Crippen molar-refractivity contribution in [3.05, 3.63) is 72.1 Å². The zero-order valence-corrected chi connectivity index (χ0v) is 14.2. The van der Waals surface area contributed by atoms with E-state index < -0.39 is 12.0 Å². The van der Waals surface area contributed by atoms with Crippen LogP contribution in [0.15, 0.2) is 60.8 Å². The number of benzene rings is 2. The van der Waals surface area contributed by atoms with Crippen molar-refractivity contribution < 1.29 is 9.53 Å².